The molecule has 0 bridgehead atoms. The Morgan fingerprint density at radius 2 is 1.02 bits per heavy atom. The molecule has 0 fully saturated rings. The number of ether oxygens (including phenoxy) is 1. The molecule has 3 heterocycles. The van der Waals surface area contributed by atoms with Gasteiger partial charge in [0.1, 0.15) is 11.5 Å². The first-order valence-electron chi connectivity index (χ1n) is 19.9. The van der Waals surface area contributed by atoms with Gasteiger partial charge in [-0.2, -0.15) is 0 Å². The highest BCUT2D eigenvalue weighted by Gasteiger charge is 2.26. The van der Waals surface area contributed by atoms with Gasteiger partial charge in [-0.25, -0.2) is 4.39 Å². The Labute approximate surface area is 362 Å². The van der Waals surface area contributed by atoms with Crippen LogP contribution in [0.1, 0.15) is 33.4 Å². The fourth-order valence-electron chi connectivity index (χ4n) is 7.57. The first-order chi connectivity index (χ1) is 30.5. The zero-order chi connectivity index (χ0) is 44.2. The van der Waals surface area contributed by atoms with Crippen molar-refractivity contribution in [3.05, 3.63) is 185 Å². The van der Waals surface area contributed by atoms with Crippen LogP contribution in [0.2, 0.25) is 0 Å². The number of aromatic hydroxyl groups is 2. The molecule has 11 heteroatoms. The maximum Gasteiger partial charge on any atom is 0.256 e. The van der Waals surface area contributed by atoms with Gasteiger partial charge < -0.3 is 35.8 Å². The Balaban J connectivity index is 0.000000131. The Morgan fingerprint density at radius 3 is 1.52 bits per heavy atom. The van der Waals surface area contributed by atoms with Crippen LogP contribution in [0.4, 0.5) is 27.1 Å². The lowest BCUT2D eigenvalue weighted by Crippen LogP contribution is -2.09. The molecule has 3 amide bonds. The van der Waals surface area contributed by atoms with Crippen LogP contribution in [0.25, 0.3) is 45.7 Å². The SMILES string of the molecule is CN(C)c1ccc(C=C2C(=O)Nc3ccccc32)c2ccccc12.COc1ccc(C=C2C(=O)Nc3ccccc32)cc1F.O=C1Nc2ccccc2C1=Cc1ccc(O)cc1O. The molecule has 63 heavy (non-hydrogen) atoms. The number of carbonyl (C=O) groups excluding carboxylic acids is 3. The maximum absolute atomic E-state index is 13.7. The summed E-state index contributed by atoms with van der Waals surface area (Å²) in [4.78, 5) is 38.3. The molecule has 7 aromatic carbocycles. The second-order valence-corrected chi connectivity index (χ2v) is 14.9. The van der Waals surface area contributed by atoms with Gasteiger partial charge in [0.05, 0.1) is 7.11 Å². The zero-order valence-electron chi connectivity index (χ0n) is 34.4. The number of carbonyl (C=O) groups is 3. The minimum Gasteiger partial charge on any atom is -0.508 e. The number of nitrogens with zero attached hydrogens (tertiary/aromatic N) is 1. The van der Waals surface area contributed by atoms with E-state index in [1.165, 1.54) is 36.4 Å². The van der Waals surface area contributed by atoms with Crippen molar-refractivity contribution >= 4 is 86.2 Å². The van der Waals surface area contributed by atoms with E-state index in [1.807, 2.05) is 105 Å². The van der Waals surface area contributed by atoms with Gasteiger partial charge in [-0.05, 0) is 83.3 Å². The molecule has 3 aliphatic heterocycles. The molecule has 0 atom stereocenters. The number of methoxy groups -OCH3 is 1. The fraction of sp³-hybridized carbons (Fsp3) is 0.0577. The molecule has 10 rings (SSSR count). The van der Waals surface area contributed by atoms with Crippen molar-refractivity contribution in [1.29, 1.82) is 0 Å². The molecule has 10 nitrogen and oxygen atoms in total. The molecule has 312 valence electrons. The van der Waals surface area contributed by atoms with Crippen LogP contribution in [0.5, 0.6) is 17.2 Å². The Kier molecular flexibility index (Phi) is 11.6. The standard InChI is InChI=1S/C21H18N2O.C16H12FNO2.C15H11NO3/c1-23(2)20-12-11-14(15-7-3-4-9-17(15)20)13-18-16-8-5-6-10-19(16)22-21(18)24;1-20-15-7-6-10(9-13(15)17)8-12-11-4-2-3-5-14(11)18-16(12)19;17-10-6-5-9(14(18)8-10)7-12-11-3-1-2-4-13(11)16-15(12)19/h3-13H,1-2H3,(H,22,24);2-9H,1H3,(H,18,19);1-8,17-18H,(H,16,19). The summed E-state index contributed by atoms with van der Waals surface area (Å²) in [6.45, 7) is 0. The van der Waals surface area contributed by atoms with Crippen LogP contribution >= 0.6 is 0 Å². The monoisotopic (exact) mass is 836 g/mol. The molecule has 0 saturated heterocycles. The van der Waals surface area contributed by atoms with Gasteiger partial charge in [-0.1, -0.05) is 91.0 Å². The van der Waals surface area contributed by atoms with E-state index in [2.05, 4.69) is 45.1 Å². The molecule has 0 aliphatic carbocycles. The third-order valence-electron chi connectivity index (χ3n) is 10.6. The van der Waals surface area contributed by atoms with Crippen molar-refractivity contribution in [3.8, 4) is 17.2 Å². The summed E-state index contributed by atoms with van der Waals surface area (Å²) in [6, 6.07) is 43.9. The Morgan fingerprint density at radius 1 is 0.540 bits per heavy atom. The molecule has 7 aromatic rings. The molecule has 5 N–H and O–H groups in total. The summed E-state index contributed by atoms with van der Waals surface area (Å²) in [5.74, 6) is -0.773. The number of hydrogen-bond acceptors (Lipinski definition) is 7. The van der Waals surface area contributed by atoms with Gasteiger partial charge in [-0.15, -0.1) is 0 Å². The number of phenolic OH excluding ortho intramolecular Hbond substituents is 2. The lowest BCUT2D eigenvalue weighted by molar-refractivity contribution is -0.111. The van der Waals surface area contributed by atoms with E-state index in [1.54, 1.807) is 30.4 Å². The Bertz CT molecular complexity index is 3060. The second kappa shape index (κ2) is 17.6. The predicted molar refractivity (Wildman–Crippen MR) is 250 cm³/mol. The quantitative estimate of drug-likeness (QED) is 0.109. The van der Waals surface area contributed by atoms with Crippen LogP contribution < -0.4 is 25.6 Å². The van der Waals surface area contributed by atoms with Crippen LogP contribution in [-0.4, -0.2) is 49.1 Å². The zero-order valence-corrected chi connectivity index (χ0v) is 34.4. The summed E-state index contributed by atoms with van der Waals surface area (Å²) in [5, 5.41) is 29.8. The van der Waals surface area contributed by atoms with Gasteiger partial charge in [0.2, 0.25) is 0 Å². The van der Waals surface area contributed by atoms with Crippen molar-refractivity contribution in [2.45, 2.75) is 0 Å². The van der Waals surface area contributed by atoms with E-state index in [0.29, 0.717) is 27.8 Å². The van der Waals surface area contributed by atoms with Gasteiger partial charge in [0.25, 0.3) is 17.7 Å². The average Bonchev–Trinajstić information content (AvgIpc) is 3.90. The molecule has 0 unspecified atom stereocenters. The number of hydrogen-bond donors (Lipinski definition) is 5. The largest absolute Gasteiger partial charge is 0.508 e. The normalized spacial score (nSPS) is 15.0. The van der Waals surface area contributed by atoms with Crippen LogP contribution in [0.15, 0.2) is 146 Å². The van der Waals surface area contributed by atoms with Crippen molar-refractivity contribution in [2.75, 3.05) is 42.1 Å². The molecule has 0 radical (unpaired) electrons. The van der Waals surface area contributed by atoms with Crippen LogP contribution in [0.3, 0.4) is 0 Å². The summed E-state index contributed by atoms with van der Waals surface area (Å²) < 4.78 is 18.5. The number of rotatable bonds is 5. The van der Waals surface area contributed by atoms with Crippen molar-refractivity contribution in [2.24, 2.45) is 0 Å². The third kappa shape index (κ3) is 8.61. The molecule has 0 aromatic heterocycles. The van der Waals surface area contributed by atoms with Crippen LogP contribution in [-0.2, 0) is 14.4 Å². The summed E-state index contributed by atoms with van der Waals surface area (Å²) in [5.41, 5.74) is 10.1. The van der Waals surface area contributed by atoms with E-state index in [-0.39, 0.29) is 35.0 Å². The topological polar surface area (TPSA) is 140 Å². The Hall–Kier alpha value is -8.44. The minimum absolute atomic E-state index is 0.0177. The van der Waals surface area contributed by atoms with Crippen molar-refractivity contribution in [1.82, 2.24) is 0 Å². The third-order valence-corrected chi connectivity index (χ3v) is 10.6. The lowest BCUT2D eigenvalue weighted by Gasteiger charge is -2.16. The fourth-order valence-corrected chi connectivity index (χ4v) is 7.57. The van der Waals surface area contributed by atoms with Gasteiger partial charge in [-0.3, -0.25) is 14.4 Å². The first-order valence-corrected chi connectivity index (χ1v) is 19.9. The molecular formula is C52H41FN4O6. The highest BCUT2D eigenvalue weighted by molar-refractivity contribution is 6.36. The van der Waals surface area contributed by atoms with Gasteiger partial charge in [0, 0.05) is 87.3 Å². The van der Waals surface area contributed by atoms with E-state index >= 15 is 0 Å². The highest BCUT2D eigenvalue weighted by Crippen LogP contribution is 2.37. The molecule has 0 spiro atoms. The maximum atomic E-state index is 13.7. The predicted octanol–water partition coefficient (Wildman–Crippen LogP) is 10.3. The molecule has 0 saturated carbocycles. The minimum atomic E-state index is -0.450. The van der Waals surface area contributed by atoms with Crippen LogP contribution in [0, 0.1) is 5.82 Å². The number of phenols is 2. The number of amides is 3. The van der Waals surface area contributed by atoms with E-state index < -0.39 is 5.82 Å². The summed E-state index contributed by atoms with van der Waals surface area (Å²) >= 11 is 0. The highest BCUT2D eigenvalue weighted by atomic mass is 19.1. The van der Waals surface area contributed by atoms with Crippen molar-refractivity contribution in [3.63, 3.8) is 0 Å². The molecule has 3 aliphatic rings. The van der Waals surface area contributed by atoms with E-state index in [0.717, 1.165) is 44.7 Å². The number of nitrogens with one attached hydrogen (secondary N) is 3. The number of anilines is 4. The van der Waals surface area contributed by atoms with E-state index in [9.17, 15) is 29.0 Å². The average molecular weight is 837 g/mol. The van der Waals surface area contributed by atoms with Crippen molar-refractivity contribution < 1.29 is 33.7 Å². The van der Waals surface area contributed by atoms with Gasteiger partial charge >= 0.3 is 0 Å². The smallest absolute Gasteiger partial charge is 0.256 e. The summed E-state index contributed by atoms with van der Waals surface area (Å²) in [7, 11) is 5.50. The number of para-hydroxylation sites is 3. The number of benzene rings is 7. The summed E-state index contributed by atoms with van der Waals surface area (Å²) in [6.07, 6.45) is 5.27. The number of halogens is 1. The lowest BCUT2D eigenvalue weighted by atomic mass is 9.98. The first kappa shape index (κ1) is 41.3. The number of fused-ring (bicyclic) bond motifs is 4. The van der Waals surface area contributed by atoms with Gasteiger partial charge in [0.15, 0.2) is 11.6 Å². The second-order valence-electron chi connectivity index (χ2n) is 14.9. The van der Waals surface area contributed by atoms with E-state index in [4.69, 9.17) is 4.74 Å². The molecular weight excluding hydrogens is 796 g/mol.